The van der Waals surface area contributed by atoms with Gasteiger partial charge in [0, 0.05) is 26.1 Å². The molecule has 0 bridgehead atoms. The predicted molar refractivity (Wildman–Crippen MR) is 128 cm³/mol. The molecule has 1 aromatic carbocycles. The minimum atomic E-state index is -4.58. The largest absolute Gasteiger partial charge is 0.462 e. The molecule has 0 N–H and O–H groups in total. The van der Waals surface area contributed by atoms with Crippen LogP contribution < -0.4 is 11.2 Å². The van der Waals surface area contributed by atoms with Gasteiger partial charge in [0.25, 0.3) is 5.56 Å². The van der Waals surface area contributed by atoms with Crippen LogP contribution in [-0.4, -0.2) is 47.6 Å². The Morgan fingerprint density at radius 2 is 1.95 bits per heavy atom. The summed E-state index contributed by atoms with van der Waals surface area (Å²) >= 11 is 0. The molecule has 0 aliphatic heterocycles. The second-order valence-electron chi connectivity index (χ2n) is 8.99. The number of hydrogen-bond donors (Lipinski definition) is 0. The molecule has 0 amide bonds. The van der Waals surface area contributed by atoms with Crippen LogP contribution in [-0.2, 0) is 26.8 Å². The molecule has 1 aromatic heterocycles. The van der Waals surface area contributed by atoms with Crippen molar-refractivity contribution in [2.24, 2.45) is 0 Å². The lowest BCUT2D eigenvalue weighted by atomic mass is 9.92. The molecule has 0 fully saturated rings. The van der Waals surface area contributed by atoms with Crippen molar-refractivity contribution in [1.29, 1.82) is 0 Å². The van der Waals surface area contributed by atoms with E-state index >= 15 is 0 Å². The smallest absolute Gasteiger partial charge is 0.416 e. The molecule has 1 heterocycles. The van der Waals surface area contributed by atoms with Crippen molar-refractivity contribution in [3.05, 3.63) is 85.7 Å². The maximum Gasteiger partial charge on any atom is 0.416 e. The number of carbonyl (C=O) groups excluding carboxylic acids is 1. The van der Waals surface area contributed by atoms with Crippen LogP contribution in [0.25, 0.3) is 5.70 Å². The highest BCUT2D eigenvalue weighted by Gasteiger charge is 2.39. The molecule has 0 saturated carbocycles. The number of rotatable bonds is 6. The zero-order chi connectivity index (χ0) is 27.1. The number of nitrogens with zero attached hydrogens (tertiary/aromatic N) is 2. The van der Waals surface area contributed by atoms with Gasteiger partial charge in [0.05, 0.1) is 18.2 Å². The van der Waals surface area contributed by atoms with E-state index < -0.39 is 52.3 Å². The third-order valence-corrected chi connectivity index (χ3v) is 6.92. The second kappa shape index (κ2) is 9.79. The normalized spacial score (nSPS) is 23.1. The van der Waals surface area contributed by atoms with E-state index in [1.165, 1.54) is 26.4 Å². The summed E-state index contributed by atoms with van der Waals surface area (Å²) in [6.45, 7) is 3.34. The van der Waals surface area contributed by atoms with Crippen LogP contribution in [0.15, 0.2) is 52.2 Å². The van der Waals surface area contributed by atoms with Gasteiger partial charge in [-0.2, -0.15) is 13.2 Å². The van der Waals surface area contributed by atoms with Crippen molar-refractivity contribution in [3.63, 3.8) is 0 Å². The molecular formula is C26H27F3N2O6. The van der Waals surface area contributed by atoms with Crippen LogP contribution in [0.4, 0.5) is 13.2 Å². The molecule has 0 spiro atoms. The fraction of sp³-hybridized carbons (Fsp3) is 0.423. The zero-order valence-corrected chi connectivity index (χ0v) is 20.8. The van der Waals surface area contributed by atoms with Crippen LogP contribution in [0, 0.1) is 0 Å². The maximum absolute atomic E-state index is 13.7. The molecule has 2 aliphatic carbocycles. The minimum Gasteiger partial charge on any atom is -0.462 e. The molecule has 37 heavy (non-hydrogen) atoms. The van der Waals surface area contributed by atoms with E-state index in [9.17, 15) is 27.6 Å². The van der Waals surface area contributed by atoms with Crippen LogP contribution >= 0.6 is 0 Å². The quantitative estimate of drug-likeness (QED) is 0.542. The van der Waals surface area contributed by atoms with Gasteiger partial charge in [0.15, 0.2) is 0 Å². The Kier molecular flexibility index (Phi) is 7.04. The monoisotopic (exact) mass is 520 g/mol. The van der Waals surface area contributed by atoms with Gasteiger partial charge in [-0.1, -0.05) is 12.1 Å². The number of allylic oxidation sites excluding steroid dienone is 2. The highest BCUT2D eigenvalue weighted by atomic mass is 19.4. The summed E-state index contributed by atoms with van der Waals surface area (Å²) in [5.74, 6) is -0.942. The fourth-order valence-electron chi connectivity index (χ4n) is 4.92. The summed E-state index contributed by atoms with van der Waals surface area (Å²) in [6, 6.07) is 2.71. The molecule has 3 unspecified atom stereocenters. The lowest BCUT2D eigenvalue weighted by molar-refractivity contribution is -0.138. The third-order valence-electron chi connectivity index (χ3n) is 6.92. The first-order valence-corrected chi connectivity index (χ1v) is 11.7. The van der Waals surface area contributed by atoms with Gasteiger partial charge in [-0.15, -0.1) is 0 Å². The van der Waals surface area contributed by atoms with E-state index in [4.69, 9.17) is 14.2 Å². The zero-order valence-electron chi connectivity index (χ0n) is 20.8. The van der Waals surface area contributed by atoms with Crippen LogP contribution in [0.3, 0.4) is 0 Å². The van der Waals surface area contributed by atoms with Gasteiger partial charge >= 0.3 is 17.8 Å². The number of fused-ring (bicyclic) bond motifs is 1. The summed E-state index contributed by atoms with van der Waals surface area (Å²) in [5, 5.41) is 0. The Morgan fingerprint density at radius 3 is 2.57 bits per heavy atom. The van der Waals surface area contributed by atoms with Gasteiger partial charge in [-0.3, -0.25) is 13.9 Å². The second-order valence-corrected chi connectivity index (χ2v) is 8.99. The highest BCUT2D eigenvalue weighted by Crippen LogP contribution is 2.41. The van der Waals surface area contributed by atoms with Crippen LogP contribution in [0.1, 0.15) is 53.4 Å². The van der Waals surface area contributed by atoms with Crippen molar-refractivity contribution < 1.29 is 32.2 Å². The van der Waals surface area contributed by atoms with E-state index in [1.807, 2.05) is 0 Å². The topological polar surface area (TPSA) is 88.8 Å². The predicted octanol–water partition coefficient (Wildman–Crippen LogP) is 3.57. The van der Waals surface area contributed by atoms with E-state index in [0.717, 1.165) is 21.4 Å². The third kappa shape index (κ3) is 4.57. The average Bonchev–Trinajstić information content (AvgIpc) is 3.28. The Hall–Kier alpha value is -3.44. The number of methoxy groups -OCH3 is 2. The molecule has 2 aromatic rings. The SMILES string of the molecule is CCOC(=O)c1cn(C2=CC(OC)C(C)(OC)C=C2)c(=O)n(C2CCc3c2cccc3C(F)(F)F)c1=O. The number of alkyl halides is 3. The molecule has 11 heteroatoms. The number of esters is 1. The van der Waals surface area contributed by atoms with Gasteiger partial charge in [-0.05, 0) is 62.1 Å². The molecule has 4 rings (SSSR count). The molecule has 0 saturated heterocycles. The van der Waals surface area contributed by atoms with E-state index in [-0.39, 0.29) is 30.6 Å². The Bertz CT molecular complexity index is 1400. The molecule has 198 valence electrons. The van der Waals surface area contributed by atoms with Gasteiger partial charge < -0.3 is 14.2 Å². The van der Waals surface area contributed by atoms with Crippen molar-refractivity contribution in [2.75, 3.05) is 20.8 Å². The van der Waals surface area contributed by atoms with Crippen molar-refractivity contribution in [1.82, 2.24) is 9.13 Å². The number of aromatic nitrogens is 2. The van der Waals surface area contributed by atoms with E-state index in [2.05, 4.69) is 0 Å². The number of ether oxygens (including phenoxy) is 3. The lowest BCUT2D eigenvalue weighted by Crippen LogP contribution is -2.45. The van der Waals surface area contributed by atoms with Crippen molar-refractivity contribution >= 4 is 11.7 Å². The van der Waals surface area contributed by atoms with Crippen LogP contribution in [0.2, 0.25) is 0 Å². The summed E-state index contributed by atoms with van der Waals surface area (Å²) in [5.41, 5.74) is -3.23. The summed E-state index contributed by atoms with van der Waals surface area (Å²) in [7, 11) is 2.98. The van der Waals surface area contributed by atoms with Crippen molar-refractivity contribution in [3.8, 4) is 0 Å². The maximum atomic E-state index is 13.7. The number of carbonyl (C=O) groups is 1. The first kappa shape index (κ1) is 26.6. The Morgan fingerprint density at radius 1 is 1.22 bits per heavy atom. The molecule has 2 aliphatic rings. The lowest BCUT2D eigenvalue weighted by Gasteiger charge is -2.34. The summed E-state index contributed by atoms with van der Waals surface area (Å²) in [4.78, 5) is 39.9. The van der Waals surface area contributed by atoms with Crippen molar-refractivity contribution in [2.45, 2.75) is 50.6 Å². The molecule has 8 nitrogen and oxygen atoms in total. The minimum absolute atomic E-state index is 0.0147. The van der Waals surface area contributed by atoms with E-state index in [1.54, 1.807) is 32.1 Å². The average molecular weight is 521 g/mol. The summed E-state index contributed by atoms with van der Waals surface area (Å²) < 4.78 is 58.9. The van der Waals surface area contributed by atoms with E-state index in [0.29, 0.717) is 5.70 Å². The fourth-order valence-corrected chi connectivity index (χ4v) is 4.92. The first-order chi connectivity index (χ1) is 17.5. The van der Waals surface area contributed by atoms with Gasteiger partial charge in [0.2, 0.25) is 0 Å². The van der Waals surface area contributed by atoms with Gasteiger partial charge in [0.1, 0.15) is 17.3 Å². The highest BCUT2D eigenvalue weighted by molar-refractivity contribution is 5.89. The standard InChI is InChI=1S/C26H27F3N2O6/c1-5-37-23(33)18-14-30(15-11-12-25(2,36-4)21(13-15)35-3)24(34)31(22(18)32)20-10-9-16-17(20)7-6-8-19(16)26(27,28)29/h6-8,11-14,20-21H,5,9-10H2,1-4H3. The first-order valence-electron chi connectivity index (χ1n) is 11.7. The number of halogens is 3. The number of hydrogen-bond acceptors (Lipinski definition) is 6. The number of benzene rings is 1. The molecule has 3 atom stereocenters. The Labute approximate surface area is 210 Å². The Balaban J connectivity index is 1.95. The molecular weight excluding hydrogens is 493 g/mol. The van der Waals surface area contributed by atoms with Crippen LogP contribution in [0.5, 0.6) is 0 Å². The van der Waals surface area contributed by atoms with Gasteiger partial charge in [-0.25, -0.2) is 9.59 Å². The molecule has 0 radical (unpaired) electrons. The summed E-state index contributed by atoms with van der Waals surface area (Å²) in [6.07, 6.45) is 0.888.